The largest absolute Gasteiger partial charge is 0.375 e. The lowest BCUT2D eigenvalue weighted by atomic mass is 10.2. The molecule has 0 fully saturated rings. The van der Waals surface area contributed by atoms with Crippen LogP contribution in [0.5, 0.6) is 0 Å². The molecule has 0 spiro atoms. The minimum atomic E-state index is -2.38. The summed E-state index contributed by atoms with van der Waals surface area (Å²) < 4.78 is 28.3. The van der Waals surface area contributed by atoms with Gasteiger partial charge in [0, 0.05) is 17.5 Å². The first-order valence-electron chi connectivity index (χ1n) is 4.90. The fraction of sp³-hybridized carbons (Fsp3) is 0.700. The Balaban J connectivity index is 2.26. The van der Waals surface area contributed by atoms with Crippen molar-refractivity contribution in [3.63, 3.8) is 0 Å². The number of aromatic nitrogens is 1. The third-order valence-electron chi connectivity index (χ3n) is 1.84. The van der Waals surface area contributed by atoms with Crippen molar-refractivity contribution < 1.29 is 13.5 Å². The first-order valence-corrected chi connectivity index (χ1v) is 5.71. The zero-order valence-corrected chi connectivity index (χ0v) is 9.69. The summed E-state index contributed by atoms with van der Waals surface area (Å²) in [6.07, 6.45) is 0.0783. The lowest BCUT2D eigenvalue weighted by molar-refractivity contribution is 0.0187. The summed E-state index contributed by atoms with van der Waals surface area (Å²) in [5.41, 5.74) is 0. The van der Waals surface area contributed by atoms with Crippen molar-refractivity contribution in [2.24, 2.45) is 0 Å². The Hall–Kier alpha value is -0.550. The molecule has 0 aliphatic carbocycles. The van der Waals surface area contributed by atoms with E-state index in [-0.39, 0.29) is 0 Å². The van der Waals surface area contributed by atoms with Gasteiger partial charge in [0.25, 0.3) is 6.43 Å². The molecule has 2 nitrogen and oxygen atoms in total. The smallest absolute Gasteiger partial charge is 0.261 e. The minimum Gasteiger partial charge on any atom is -0.375 e. The maximum atomic E-state index is 11.7. The molecule has 0 bridgehead atoms. The lowest BCUT2D eigenvalue weighted by Gasteiger charge is -2.01. The molecule has 0 N–H and O–H groups in total. The van der Waals surface area contributed by atoms with Crippen LogP contribution in [-0.4, -0.2) is 24.6 Å². The molecule has 0 aromatic carbocycles. The molecule has 5 heteroatoms. The molecule has 86 valence electrons. The van der Waals surface area contributed by atoms with Crippen LogP contribution in [0, 0.1) is 0 Å². The van der Waals surface area contributed by atoms with Crippen LogP contribution in [0.2, 0.25) is 0 Å². The molecule has 0 saturated carbocycles. The molecule has 1 aromatic rings. The monoisotopic (exact) mass is 235 g/mol. The van der Waals surface area contributed by atoms with Crippen LogP contribution in [-0.2, 0) is 11.2 Å². The van der Waals surface area contributed by atoms with E-state index in [4.69, 9.17) is 4.74 Å². The summed E-state index contributed by atoms with van der Waals surface area (Å²) in [6.45, 7) is 4.03. The Kier molecular flexibility index (Phi) is 5.11. The molecule has 0 aliphatic rings. The lowest BCUT2D eigenvalue weighted by Crippen LogP contribution is -2.06. The molecule has 1 heterocycles. The molecule has 1 rings (SSSR count). The van der Waals surface area contributed by atoms with Crippen LogP contribution in [0.1, 0.15) is 29.7 Å². The van der Waals surface area contributed by atoms with Crippen LogP contribution in [0.3, 0.4) is 0 Å². The van der Waals surface area contributed by atoms with E-state index < -0.39 is 13.0 Å². The zero-order chi connectivity index (χ0) is 11.3. The maximum absolute atomic E-state index is 11.7. The highest BCUT2D eigenvalue weighted by atomic mass is 32.1. The second kappa shape index (κ2) is 6.12. The maximum Gasteiger partial charge on any atom is 0.261 e. The predicted octanol–water partition coefficient (Wildman–Crippen LogP) is 3.09. The number of nitrogens with zero attached hydrogens (tertiary/aromatic N) is 1. The van der Waals surface area contributed by atoms with Crippen molar-refractivity contribution in [1.82, 2.24) is 4.98 Å². The van der Waals surface area contributed by atoms with Gasteiger partial charge in [-0.2, -0.15) is 0 Å². The first-order chi connectivity index (χ1) is 7.09. The normalized spacial score (nSPS) is 11.6. The number of hydrogen-bond donors (Lipinski definition) is 0. The quantitative estimate of drug-likeness (QED) is 0.707. The number of rotatable bonds is 6. The topological polar surface area (TPSA) is 22.1 Å². The van der Waals surface area contributed by atoms with Gasteiger partial charge in [0.2, 0.25) is 0 Å². The van der Waals surface area contributed by atoms with Gasteiger partial charge in [-0.05, 0) is 5.92 Å². The average Bonchev–Trinajstić information content (AvgIpc) is 2.60. The van der Waals surface area contributed by atoms with E-state index >= 15 is 0 Å². The highest BCUT2D eigenvalue weighted by molar-refractivity contribution is 7.11. The Morgan fingerprint density at radius 1 is 1.47 bits per heavy atom. The summed E-state index contributed by atoms with van der Waals surface area (Å²) in [7, 11) is 0. The second-order valence-electron chi connectivity index (χ2n) is 3.53. The third-order valence-corrected chi connectivity index (χ3v) is 3.20. The Labute approximate surface area is 92.3 Å². The number of thiazole rings is 1. The SMILES string of the molecule is CC(C)c1cnc(CCOCC(F)F)s1. The molecule has 0 radical (unpaired) electrons. The average molecular weight is 235 g/mol. The molecule has 0 saturated heterocycles. The van der Waals surface area contributed by atoms with Gasteiger partial charge in [0.15, 0.2) is 0 Å². The third kappa shape index (κ3) is 4.66. The van der Waals surface area contributed by atoms with Crippen LogP contribution >= 0.6 is 11.3 Å². The summed E-state index contributed by atoms with van der Waals surface area (Å²) >= 11 is 1.62. The highest BCUT2D eigenvalue weighted by Gasteiger charge is 2.06. The summed E-state index contributed by atoms with van der Waals surface area (Å²) in [4.78, 5) is 5.43. The van der Waals surface area contributed by atoms with Gasteiger partial charge >= 0.3 is 0 Å². The van der Waals surface area contributed by atoms with Crippen molar-refractivity contribution in [2.75, 3.05) is 13.2 Å². The number of hydrogen-bond acceptors (Lipinski definition) is 3. The van der Waals surface area contributed by atoms with Gasteiger partial charge in [-0.3, -0.25) is 0 Å². The van der Waals surface area contributed by atoms with Crippen molar-refractivity contribution in [2.45, 2.75) is 32.6 Å². The number of halogens is 2. The summed E-state index contributed by atoms with van der Waals surface area (Å²) in [5, 5.41) is 0.952. The van der Waals surface area contributed by atoms with Crippen LogP contribution in [0.15, 0.2) is 6.20 Å². The van der Waals surface area contributed by atoms with Crippen molar-refractivity contribution in [3.8, 4) is 0 Å². The highest BCUT2D eigenvalue weighted by Crippen LogP contribution is 2.21. The molecule has 0 amide bonds. The summed E-state index contributed by atoms with van der Waals surface area (Å²) in [5.74, 6) is 0.471. The van der Waals surface area contributed by atoms with Crippen LogP contribution in [0.25, 0.3) is 0 Å². The predicted molar refractivity (Wildman–Crippen MR) is 56.7 cm³/mol. The van der Waals surface area contributed by atoms with E-state index in [1.165, 1.54) is 4.88 Å². The Morgan fingerprint density at radius 2 is 2.20 bits per heavy atom. The van der Waals surface area contributed by atoms with Gasteiger partial charge in [0.05, 0.1) is 11.6 Å². The van der Waals surface area contributed by atoms with Gasteiger partial charge in [-0.1, -0.05) is 13.8 Å². The molecular formula is C10H15F2NOS. The zero-order valence-electron chi connectivity index (χ0n) is 8.87. The van der Waals surface area contributed by atoms with Crippen LogP contribution < -0.4 is 0 Å². The van der Waals surface area contributed by atoms with Crippen molar-refractivity contribution in [1.29, 1.82) is 0 Å². The molecular weight excluding hydrogens is 220 g/mol. The Bertz CT molecular complexity index is 289. The first kappa shape index (κ1) is 12.5. The number of ether oxygens (including phenoxy) is 1. The standard InChI is InChI=1S/C10H15F2NOS/c1-7(2)8-5-13-10(15-8)3-4-14-6-9(11)12/h5,7,9H,3-4,6H2,1-2H3. The minimum absolute atomic E-state index is 0.315. The number of alkyl halides is 2. The molecule has 0 aliphatic heterocycles. The fourth-order valence-corrected chi connectivity index (χ4v) is 1.94. The molecule has 0 atom stereocenters. The van der Waals surface area contributed by atoms with Gasteiger partial charge < -0.3 is 4.74 Å². The van der Waals surface area contributed by atoms with Gasteiger partial charge in [-0.15, -0.1) is 11.3 Å². The van der Waals surface area contributed by atoms with Crippen molar-refractivity contribution in [3.05, 3.63) is 16.1 Å². The van der Waals surface area contributed by atoms with E-state index in [0.29, 0.717) is 18.9 Å². The van der Waals surface area contributed by atoms with E-state index in [2.05, 4.69) is 18.8 Å². The molecule has 15 heavy (non-hydrogen) atoms. The Morgan fingerprint density at radius 3 is 2.73 bits per heavy atom. The van der Waals surface area contributed by atoms with Gasteiger partial charge in [0.1, 0.15) is 6.61 Å². The van der Waals surface area contributed by atoms with Crippen LogP contribution in [0.4, 0.5) is 8.78 Å². The van der Waals surface area contributed by atoms with E-state index in [1.54, 1.807) is 11.3 Å². The second-order valence-corrected chi connectivity index (χ2v) is 4.67. The van der Waals surface area contributed by atoms with E-state index in [0.717, 1.165) is 5.01 Å². The fourth-order valence-electron chi connectivity index (χ4n) is 1.04. The van der Waals surface area contributed by atoms with E-state index in [1.807, 2.05) is 6.20 Å². The molecule has 1 aromatic heterocycles. The molecule has 0 unspecified atom stereocenters. The van der Waals surface area contributed by atoms with Crippen molar-refractivity contribution >= 4 is 11.3 Å². The van der Waals surface area contributed by atoms with Gasteiger partial charge in [-0.25, -0.2) is 13.8 Å². The van der Waals surface area contributed by atoms with E-state index in [9.17, 15) is 8.78 Å². The summed E-state index contributed by atoms with van der Waals surface area (Å²) in [6, 6.07) is 0.